The van der Waals surface area contributed by atoms with Gasteiger partial charge in [0.2, 0.25) is 0 Å². The molecule has 5 rings (SSSR count). The fourth-order valence-electron chi connectivity index (χ4n) is 3.88. The van der Waals surface area contributed by atoms with Crippen molar-refractivity contribution in [2.45, 2.75) is 12.6 Å². The predicted molar refractivity (Wildman–Crippen MR) is 121 cm³/mol. The van der Waals surface area contributed by atoms with Crippen molar-refractivity contribution < 1.29 is 35.4 Å². The Morgan fingerprint density at radius 2 is 2.00 bits per heavy atom. The standard InChI is InChI=1S/C21H15ClF3N5O5S/c22-18-17(20(31)28-4-1-12(2-5-28)16-9-29(11-26-16)36(32,33)34)27-19-15(21(23,24)25)7-14(8-30(18)19)13-3-6-35-10-13/h1,3,6-11H,2,4-5H2,(H,32,33,34). The third-order valence-corrected chi connectivity index (χ3v) is 6.77. The first-order chi connectivity index (χ1) is 16.9. The van der Waals surface area contributed by atoms with Crippen LogP contribution in [0.2, 0.25) is 5.15 Å². The van der Waals surface area contributed by atoms with Gasteiger partial charge in [0.1, 0.15) is 11.5 Å². The monoisotopic (exact) mass is 541 g/mol. The van der Waals surface area contributed by atoms with Gasteiger partial charge in [-0.25, -0.2) is 13.9 Å². The quantitative estimate of drug-likeness (QED) is 0.387. The number of aromatic nitrogens is 4. The molecule has 0 aromatic carbocycles. The summed E-state index contributed by atoms with van der Waals surface area (Å²) in [7, 11) is -4.48. The molecular weight excluding hydrogens is 527 g/mol. The third-order valence-electron chi connectivity index (χ3n) is 5.68. The fourth-order valence-corrected chi connectivity index (χ4v) is 4.53. The number of amides is 1. The van der Waals surface area contributed by atoms with Crippen LogP contribution in [0.4, 0.5) is 13.2 Å². The summed E-state index contributed by atoms with van der Waals surface area (Å²) in [4.78, 5) is 22.4. The van der Waals surface area contributed by atoms with Gasteiger partial charge in [-0.2, -0.15) is 21.6 Å². The number of alkyl halides is 3. The van der Waals surface area contributed by atoms with Crippen LogP contribution in [0.1, 0.15) is 28.2 Å². The Kier molecular flexibility index (Phi) is 5.69. The zero-order valence-corrected chi connectivity index (χ0v) is 19.5. The highest BCUT2D eigenvalue weighted by Gasteiger charge is 2.36. The lowest BCUT2D eigenvalue weighted by Gasteiger charge is -2.25. The molecule has 5 heterocycles. The summed E-state index contributed by atoms with van der Waals surface area (Å²) >= 11 is 6.35. The second-order valence-electron chi connectivity index (χ2n) is 7.89. The van der Waals surface area contributed by atoms with E-state index in [9.17, 15) is 26.4 Å². The van der Waals surface area contributed by atoms with Crippen molar-refractivity contribution in [1.29, 1.82) is 0 Å². The van der Waals surface area contributed by atoms with Crippen LogP contribution in [0.5, 0.6) is 0 Å². The third kappa shape index (κ3) is 4.27. The number of imidazole rings is 2. The summed E-state index contributed by atoms with van der Waals surface area (Å²) in [6.45, 7) is 0.212. The van der Waals surface area contributed by atoms with Crippen molar-refractivity contribution in [3.63, 3.8) is 0 Å². The summed E-state index contributed by atoms with van der Waals surface area (Å²) in [5, 5.41) is -0.271. The van der Waals surface area contributed by atoms with Gasteiger partial charge in [-0.1, -0.05) is 17.7 Å². The fraction of sp³-hybridized carbons (Fsp3) is 0.190. The van der Waals surface area contributed by atoms with Crippen LogP contribution in [-0.4, -0.2) is 55.2 Å². The molecule has 1 aliphatic heterocycles. The summed E-state index contributed by atoms with van der Waals surface area (Å²) in [6.07, 6.45) is 3.17. The number of carbonyl (C=O) groups excluding carboxylic acids is 1. The lowest BCUT2D eigenvalue weighted by molar-refractivity contribution is -0.136. The predicted octanol–water partition coefficient (Wildman–Crippen LogP) is 4.04. The van der Waals surface area contributed by atoms with Crippen LogP contribution in [0.15, 0.2) is 53.9 Å². The van der Waals surface area contributed by atoms with Gasteiger partial charge in [0.25, 0.3) is 5.91 Å². The molecule has 1 aliphatic rings. The molecule has 4 aromatic heterocycles. The van der Waals surface area contributed by atoms with Crippen LogP contribution < -0.4 is 0 Å². The molecule has 1 N–H and O–H groups in total. The van der Waals surface area contributed by atoms with Gasteiger partial charge in [-0.15, -0.1) is 0 Å². The summed E-state index contributed by atoms with van der Waals surface area (Å²) in [5.74, 6) is -0.666. The molecule has 36 heavy (non-hydrogen) atoms. The molecule has 0 saturated heterocycles. The number of fused-ring (bicyclic) bond motifs is 1. The molecule has 0 atom stereocenters. The molecule has 0 radical (unpaired) electrons. The van der Waals surface area contributed by atoms with E-state index in [4.69, 9.17) is 20.6 Å². The van der Waals surface area contributed by atoms with Crippen LogP contribution >= 0.6 is 11.6 Å². The van der Waals surface area contributed by atoms with Crippen LogP contribution in [0.3, 0.4) is 0 Å². The number of pyridine rings is 1. The number of hydrogen-bond donors (Lipinski definition) is 1. The Balaban J connectivity index is 1.47. The topological polar surface area (TPSA) is 123 Å². The van der Waals surface area contributed by atoms with E-state index in [1.165, 1.54) is 29.7 Å². The minimum atomic E-state index is -4.76. The van der Waals surface area contributed by atoms with Gasteiger partial charge in [-0.05, 0) is 24.1 Å². The molecule has 0 bridgehead atoms. The number of nitrogens with zero attached hydrogens (tertiary/aromatic N) is 5. The van der Waals surface area contributed by atoms with E-state index >= 15 is 0 Å². The molecule has 0 fully saturated rings. The number of halogens is 4. The Morgan fingerprint density at radius 1 is 1.22 bits per heavy atom. The van der Waals surface area contributed by atoms with Crippen molar-refractivity contribution in [2.75, 3.05) is 13.1 Å². The highest BCUT2D eigenvalue weighted by atomic mass is 35.5. The molecule has 10 nitrogen and oxygen atoms in total. The smallest absolute Gasteiger partial charge is 0.420 e. The Labute approximate surface area is 206 Å². The number of furan rings is 1. The zero-order valence-electron chi connectivity index (χ0n) is 18.0. The van der Waals surface area contributed by atoms with Crippen LogP contribution in [0, 0.1) is 0 Å². The van der Waals surface area contributed by atoms with E-state index in [0.29, 0.717) is 20.8 Å². The highest BCUT2D eigenvalue weighted by molar-refractivity contribution is 7.84. The van der Waals surface area contributed by atoms with Gasteiger partial charge in [0, 0.05) is 30.4 Å². The minimum Gasteiger partial charge on any atom is -0.472 e. The highest BCUT2D eigenvalue weighted by Crippen LogP contribution is 2.37. The molecule has 15 heteroatoms. The van der Waals surface area contributed by atoms with Gasteiger partial charge >= 0.3 is 16.5 Å². The normalized spacial score (nSPS) is 14.9. The lowest BCUT2D eigenvalue weighted by Crippen LogP contribution is -2.35. The van der Waals surface area contributed by atoms with E-state index in [2.05, 4.69) is 9.97 Å². The molecule has 0 unspecified atom stereocenters. The van der Waals surface area contributed by atoms with Crippen molar-refractivity contribution in [3.8, 4) is 11.1 Å². The number of carbonyl (C=O) groups is 1. The van der Waals surface area contributed by atoms with Gasteiger partial charge in [0.05, 0.1) is 30.0 Å². The molecule has 0 saturated carbocycles. The van der Waals surface area contributed by atoms with Crippen LogP contribution in [0.25, 0.3) is 22.3 Å². The first kappa shape index (κ1) is 24.1. The average molecular weight is 542 g/mol. The molecule has 1 amide bonds. The van der Waals surface area contributed by atoms with Crippen molar-refractivity contribution in [1.82, 2.24) is 23.2 Å². The Morgan fingerprint density at radius 3 is 2.58 bits per heavy atom. The number of rotatable bonds is 4. The van der Waals surface area contributed by atoms with Crippen LogP contribution in [-0.2, 0) is 16.5 Å². The molecular formula is C21H15ClF3N5O5S. The maximum absolute atomic E-state index is 13.8. The minimum absolute atomic E-state index is 0.0590. The van der Waals surface area contributed by atoms with E-state index in [1.54, 1.807) is 6.08 Å². The van der Waals surface area contributed by atoms with Crippen molar-refractivity contribution >= 4 is 39.0 Å². The Hall–Kier alpha value is -3.62. The SMILES string of the molecule is O=C(c1nc2c(C(F)(F)F)cc(-c3ccoc3)cn2c1Cl)N1CC=C(c2cn(S(=O)(=O)O)cn2)CC1. The Bertz CT molecular complexity index is 1620. The van der Waals surface area contributed by atoms with Gasteiger partial charge in [-0.3, -0.25) is 13.7 Å². The second-order valence-corrected chi connectivity index (χ2v) is 9.57. The molecule has 4 aromatic rings. The molecule has 0 aliphatic carbocycles. The zero-order chi connectivity index (χ0) is 25.8. The van der Waals surface area contributed by atoms with Gasteiger partial charge in [0.15, 0.2) is 11.3 Å². The maximum atomic E-state index is 13.8. The summed E-state index contributed by atoms with van der Waals surface area (Å²) in [5.41, 5.74) is -0.399. The van der Waals surface area contributed by atoms with E-state index in [0.717, 1.165) is 23.0 Å². The molecule has 0 spiro atoms. The molecule has 188 valence electrons. The maximum Gasteiger partial charge on any atom is 0.420 e. The van der Waals surface area contributed by atoms with E-state index in [-0.39, 0.29) is 35.9 Å². The van der Waals surface area contributed by atoms with E-state index in [1.807, 2.05) is 0 Å². The van der Waals surface area contributed by atoms with Crippen molar-refractivity contribution in [2.24, 2.45) is 0 Å². The largest absolute Gasteiger partial charge is 0.472 e. The summed E-state index contributed by atoms with van der Waals surface area (Å²) < 4.78 is 79.6. The summed E-state index contributed by atoms with van der Waals surface area (Å²) in [6, 6.07) is 2.41. The van der Waals surface area contributed by atoms with Gasteiger partial charge < -0.3 is 9.32 Å². The number of hydrogen-bond acceptors (Lipinski definition) is 6. The van der Waals surface area contributed by atoms with Crippen molar-refractivity contribution in [3.05, 3.63) is 71.6 Å². The lowest BCUT2D eigenvalue weighted by atomic mass is 10.1. The second kappa shape index (κ2) is 8.50. The van der Waals surface area contributed by atoms with E-state index < -0.39 is 33.6 Å². The average Bonchev–Trinajstić information content (AvgIpc) is 3.58. The first-order valence-corrected chi connectivity index (χ1v) is 12.0. The first-order valence-electron chi connectivity index (χ1n) is 10.3.